The van der Waals surface area contributed by atoms with Crippen molar-refractivity contribution in [1.82, 2.24) is 5.32 Å². The van der Waals surface area contributed by atoms with Gasteiger partial charge in [-0.1, -0.05) is 42.0 Å². The maximum absolute atomic E-state index is 13.1. The number of aryl methyl sites for hydroxylation is 1. The van der Waals surface area contributed by atoms with Crippen molar-refractivity contribution in [2.75, 3.05) is 28.2 Å². The van der Waals surface area contributed by atoms with Crippen molar-refractivity contribution in [3.63, 3.8) is 0 Å². The van der Waals surface area contributed by atoms with E-state index in [0.717, 1.165) is 11.1 Å². The highest BCUT2D eigenvalue weighted by Crippen LogP contribution is 2.33. The van der Waals surface area contributed by atoms with Gasteiger partial charge in [-0.25, -0.2) is 9.18 Å². The Morgan fingerprint density at radius 3 is 2.42 bits per heavy atom. The third-order valence-electron chi connectivity index (χ3n) is 5.27. The lowest BCUT2D eigenvalue weighted by molar-refractivity contribution is -0.123. The number of hydrogen-bond donors (Lipinski definition) is 2. The number of carbonyl (C=O) groups is 3. The highest BCUT2D eigenvalue weighted by molar-refractivity contribution is 6.14. The molecule has 0 unspecified atom stereocenters. The number of halogens is 1. The van der Waals surface area contributed by atoms with Crippen LogP contribution in [0.2, 0.25) is 0 Å². The normalized spacial score (nSPS) is 12.8. The summed E-state index contributed by atoms with van der Waals surface area (Å²) in [7, 11) is 0. The Bertz CT molecular complexity index is 1200. The summed E-state index contributed by atoms with van der Waals surface area (Å²) in [6.45, 7) is 1.95. The molecule has 0 bridgehead atoms. The van der Waals surface area contributed by atoms with Crippen LogP contribution in [0.1, 0.15) is 11.1 Å². The molecule has 1 heterocycles. The number of urea groups is 1. The zero-order valence-corrected chi connectivity index (χ0v) is 18.0. The van der Waals surface area contributed by atoms with Gasteiger partial charge in [0.25, 0.3) is 0 Å². The molecule has 33 heavy (non-hydrogen) atoms. The van der Waals surface area contributed by atoms with E-state index in [1.54, 1.807) is 24.3 Å². The molecule has 2 N–H and O–H groups in total. The number of para-hydroxylation sites is 2. The summed E-state index contributed by atoms with van der Waals surface area (Å²) in [5.41, 5.74) is 3.44. The summed E-state index contributed by atoms with van der Waals surface area (Å²) < 4.78 is 13.1. The molecule has 168 valence electrons. The Morgan fingerprint density at radius 2 is 1.70 bits per heavy atom. The summed E-state index contributed by atoms with van der Waals surface area (Å²) >= 11 is 0. The first-order valence-electron chi connectivity index (χ1n) is 10.5. The largest absolute Gasteiger partial charge is 0.350 e. The van der Waals surface area contributed by atoms with Gasteiger partial charge in [0.2, 0.25) is 11.8 Å². The minimum absolute atomic E-state index is 0.158. The third kappa shape index (κ3) is 5.17. The van der Waals surface area contributed by atoms with Gasteiger partial charge in [-0.15, -0.1) is 0 Å². The lowest BCUT2D eigenvalue weighted by Gasteiger charge is -2.35. The molecule has 0 aromatic heterocycles. The molecule has 3 aromatic rings. The number of hydrogen-bond acceptors (Lipinski definition) is 3. The highest BCUT2D eigenvalue weighted by Gasteiger charge is 2.33. The van der Waals surface area contributed by atoms with Gasteiger partial charge in [0, 0.05) is 12.2 Å². The lowest BCUT2D eigenvalue weighted by Crippen LogP contribution is -2.51. The van der Waals surface area contributed by atoms with Crippen LogP contribution in [0.5, 0.6) is 0 Å². The topological polar surface area (TPSA) is 81.8 Å². The molecule has 1 aliphatic rings. The van der Waals surface area contributed by atoms with Gasteiger partial charge in [-0.3, -0.25) is 19.4 Å². The van der Waals surface area contributed by atoms with Crippen LogP contribution in [-0.4, -0.2) is 30.9 Å². The molecule has 0 radical (unpaired) electrons. The zero-order valence-electron chi connectivity index (χ0n) is 18.0. The monoisotopic (exact) mass is 446 g/mol. The molecule has 0 atom stereocenters. The number of rotatable bonds is 5. The van der Waals surface area contributed by atoms with Crippen LogP contribution in [0.25, 0.3) is 0 Å². The van der Waals surface area contributed by atoms with Gasteiger partial charge >= 0.3 is 6.03 Å². The fourth-order valence-corrected chi connectivity index (χ4v) is 3.66. The van der Waals surface area contributed by atoms with Crippen molar-refractivity contribution in [2.24, 2.45) is 0 Å². The van der Waals surface area contributed by atoms with Crippen molar-refractivity contribution in [3.05, 3.63) is 89.7 Å². The van der Waals surface area contributed by atoms with Crippen molar-refractivity contribution in [1.29, 1.82) is 0 Å². The lowest BCUT2D eigenvalue weighted by atomic mass is 10.1. The number of amides is 4. The zero-order chi connectivity index (χ0) is 23.4. The number of nitrogens with zero attached hydrogens (tertiary/aromatic N) is 2. The molecule has 0 aliphatic carbocycles. The van der Waals surface area contributed by atoms with E-state index < -0.39 is 11.8 Å². The predicted molar refractivity (Wildman–Crippen MR) is 125 cm³/mol. The molecule has 3 aromatic carbocycles. The van der Waals surface area contributed by atoms with Gasteiger partial charge < -0.3 is 10.6 Å². The van der Waals surface area contributed by atoms with Gasteiger partial charge in [-0.05, 0) is 48.9 Å². The predicted octanol–water partition coefficient (Wildman–Crippen LogP) is 3.84. The molecule has 0 saturated heterocycles. The minimum Gasteiger partial charge on any atom is -0.350 e. The van der Waals surface area contributed by atoms with Crippen molar-refractivity contribution >= 4 is 34.9 Å². The van der Waals surface area contributed by atoms with Crippen molar-refractivity contribution in [2.45, 2.75) is 13.5 Å². The quantitative estimate of drug-likeness (QED) is 0.625. The van der Waals surface area contributed by atoms with Crippen LogP contribution in [0.3, 0.4) is 0 Å². The van der Waals surface area contributed by atoms with Gasteiger partial charge in [0.15, 0.2) is 0 Å². The van der Waals surface area contributed by atoms with Gasteiger partial charge in [-0.2, -0.15) is 0 Å². The maximum atomic E-state index is 13.1. The summed E-state index contributed by atoms with van der Waals surface area (Å²) in [5.74, 6) is -1.10. The summed E-state index contributed by atoms with van der Waals surface area (Å²) in [6, 6.07) is 19.5. The fraction of sp³-hybridized carbons (Fsp3) is 0.160. The third-order valence-corrected chi connectivity index (χ3v) is 5.27. The van der Waals surface area contributed by atoms with E-state index >= 15 is 0 Å². The van der Waals surface area contributed by atoms with E-state index in [0.29, 0.717) is 23.6 Å². The molecule has 7 nitrogen and oxygen atoms in total. The van der Waals surface area contributed by atoms with Gasteiger partial charge in [0.05, 0.1) is 11.4 Å². The molecule has 4 amide bonds. The van der Waals surface area contributed by atoms with Crippen LogP contribution in [0.4, 0.5) is 26.2 Å². The maximum Gasteiger partial charge on any atom is 0.326 e. The van der Waals surface area contributed by atoms with E-state index in [-0.39, 0.29) is 24.9 Å². The van der Waals surface area contributed by atoms with Gasteiger partial charge in [0.1, 0.15) is 18.9 Å². The number of anilines is 3. The Hall–Kier alpha value is -4.20. The molecule has 0 saturated carbocycles. The Kier molecular flexibility index (Phi) is 6.35. The Balaban J connectivity index is 1.47. The van der Waals surface area contributed by atoms with E-state index in [1.165, 1.54) is 34.1 Å². The molecule has 8 heteroatoms. The second kappa shape index (κ2) is 9.52. The van der Waals surface area contributed by atoms with E-state index in [2.05, 4.69) is 10.6 Å². The molecule has 0 fully saturated rings. The molecule has 1 aliphatic heterocycles. The minimum atomic E-state index is -0.522. The average molecular weight is 446 g/mol. The molecule has 4 rings (SSSR count). The van der Waals surface area contributed by atoms with Crippen LogP contribution >= 0.6 is 0 Å². The number of nitrogens with one attached hydrogen (secondary N) is 2. The highest BCUT2D eigenvalue weighted by atomic mass is 19.1. The van der Waals surface area contributed by atoms with E-state index in [9.17, 15) is 18.8 Å². The number of benzene rings is 3. The SMILES string of the molecule is Cc1cccc(CNC(=O)CN2C(=O)CN(C(=O)Nc3ccc(F)cc3)c3ccccc32)c1. The summed E-state index contributed by atoms with van der Waals surface area (Å²) in [4.78, 5) is 41.0. The average Bonchev–Trinajstić information content (AvgIpc) is 2.81. The van der Waals surface area contributed by atoms with Crippen LogP contribution in [0, 0.1) is 12.7 Å². The van der Waals surface area contributed by atoms with Crippen LogP contribution in [0.15, 0.2) is 72.8 Å². The smallest absolute Gasteiger partial charge is 0.326 e. The Labute approximate surface area is 190 Å². The van der Waals surface area contributed by atoms with Crippen LogP contribution in [-0.2, 0) is 16.1 Å². The second-order valence-electron chi connectivity index (χ2n) is 7.76. The first-order chi connectivity index (χ1) is 15.9. The standard InChI is InChI=1S/C25H23FN4O3/c1-17-5-4-6-18(13-17)14-27-23(31)15-29-21-7-2-3-8-22(21)30(16-24(29)32)25(33)28-20-11-9-19(26)10-12-20/h2-13H,14-16H2,1H3,(H,27,31)(H,28,33). The van der Waals surface area contributed by atoms with Crippen molar-refractivity contribution in [3.8, 4) is 0 Å². The molecular weight excluding hydrogens is 423 g/mol. The number of carbonyl (C=O) groups excluding carboxylic acids is 3. The summed E-state index contributed by atoms with van der Waals surface area (Å²) in [6.07, 6.45) is 0. The van der Waals surface area contributed by atoms with Crippen molar-refractivity contribution < 1.29 is 18.8 Å². The Morgan fingerprint density at radius 1 is 0.970 bits per heavy atom. The van der Waals surface area contributed by atoms with Crippen LogP contribution < -0.4 is 20.4 Å². The summed E-state index contributed by atoms with van der Waals surface area (Å²) in [5, 5.41) is 5.51. The fourth-order valence-electron chi connectivity index (χ4n) is 3.66. The first kappa shape index (κ1) is 22.0. The molecule has 0 spiro atoms. The first-order valence-corrected chi connectivity index (χ1v) is 10.5. The van der Waals surface area contributed by atoms with E-state index in [1.807, 2.05) is 31.2 Å². The van der Waals surface area contributed by atoms with E-state index in [4.69, 9.17) is 0 Å². The number of fused-ring (bicyclic) bond motifs is 1. The second-order valence-corrected chi connectivity index (χ2v) is 7.76. The molecular formula is C25H23FN4O3.